The van der Waals surface area contributed by atoms with Gasteiger partial charge in [0.15, 0.2) is 22.2 Å². The third-order valence-electron chi connectivity index (χ3n) is 3.61. The molecule has 2 heterocycles. The van der Waals surface area contributed by atoms with Gasteiger partial charge in [0.1, 0.15) is 5.78 Å². The molecule has 0 aliphatic rings. The van der Waals surface area contributed by atoms with Crippen LogP contribution in [0.3, 0.4) is 0 Å². The number of fused-ring (bicyclic) bond motifs is 1. The van der Waals surface area contributed by atoms with Crippen LogP contribution in [0.2, 0.25) is 0 Å². The molecule has 6 nitrogen and oxygen atoms in total. The summed E-state index contributed by atoms with van der Waals surface area (Å²) in [6, 6.07) is 1.75. The lowest BCUT2D eigenvalue weighted by Gasteiger charge is -2.10. The fourth-order valence-corrected chi connectivity index (χ4v) is 3.24. The Balaban J connectivity index is 2.29. The number of rotatable bonds is 8. The molecule has 2 rings (SSSR count). The summed E-state index contributed by atoms with van der Waals surface area (Å²) in [5.74, 6) is 0.506. The molecule has 0 aliphatic carbocycles. The smallest absolute Gasteiger partial charge is 0.258 e. The van der Waals surface area contributed by atoms with E-state index in [9.17, 15) is 9.59 Å². The van der Waals surface area contributed by atoms with Crippen LogP contribution in [-0.2, 0) is 4.79 Å². The summed E-state index contributed by atoms with van der Waals surface area (Å²) in [6.07, 6.45) is 1.77. The summed E-state index contributed by atoms with van der Waals surface area (Å²) in [4.78, 5) is 32.6. The predicted molar refractivity (Wildman–Crippen MR) is 88.5 cm³/mol. The van der Waals surface area contributed by atoms with Gasteiger partial charge in [-0.3, -0.25) is 9.59 Å². The van der Waals surface area contributed by atoms with Crippen molar-refractivity contribution >= 4 is 33.3 Å². The Bertz CT molecular complexity index is 685. The number of ketones is 2. The molecule has 0 saturated heterocycles. The molecule has 2 aromatic heterocycles. The molecular weight excluding hydrogens is 316 g/mol. The van der Waals surface area contributed by atoms with Gasteiger partial charge in [0.05, 0.1) is 18.9 Å². The number of aromatic nitrogens is 2. The zero-order chi connectivity index (χ0) is 17.0. The zero-order valence-electron chi connectivity index (χ0n) is 13.7. The third-order valence-corrected chi connectivity index (χ3v) is 4.64. The fraction of sp³-hybridized carbons (Fsp3) is 0.500. The quantitative estimate of drug-likeness (QED) is 0.688. The van der Waals surface area contributed by atoms with Gasteiger partial charge in [-0.05, 0) is 13.3 Å². The van der Waals surface area contributed by atoms with Crippen LogP contribution in [-0.4, -0.2) is 35.8 Å². The lowest BCUT2D eigenvalue weighted by atomic mass is 9.94. The lowest BCUT2D eigenvalue weighted by molar-refractivity contribution is -0.120. The van der Waals surface area contributed by atoms with Gasteiger partial charge >= 0.3 is 0 Å². The second-order valence-corrected chi connectivity index (χ2v) is 6.29. The van der Waals surface area contributed by atoms with Gasteiger partial charge < -0.3 is 9.47 Å². The average molecular weight is 336 g/mol. The molecule has 0 aliphatic heterocycles. The van der Waals surface area contributed by atoms with E-state index < -0.39 is 0 Å². The minimum atomic E-state index is -0.239. The molecule has 124 valence electrons. The highest BCUT2D eigenvalue weighted by Crippen LogP contribution is 2.32. The zero-order valence-corrected chi connectivity index (χ0v) is 14.5. The summed E-state index contributed by atoms with van der Waals surface area (Å²) in [7, 11) is 3.03. The molecule has 0 saturated carbocycles. The van der Waals surface area contributed by atoms with Crippen LogP contribution in [0.5, 0.6) is 11.6 Å². The molecule has 2 aromatic rings. The van der Waals surface area contributed by atoms with Crippen LogP contribution in [0.1, 0.15) is 42.9 Å². The third kappa shape index (κ3) is 3.85. The highest BCUT2D eigenvalue weighted by Gasteiger charge is 2.22. The maximum atomic E-state index is 12.4. The number of pyridine rings is 1. The summed E-state index contributed by atoms with van der Waals surface area (Å²) in [5, 5.41) is 0.366. The molecule has 1 atom stereocenters. The standard InChI is InChI=1S/C16H20N2O4S/c1-5-6-10(9(2)19)7-11(20)16-18-14-13(23-16)8-12(21-3)15(17-14)22-4/h8,10H,5-7H2,1-4H3/t10-/m0/s1. The van der Waals surface area contributed by atoms with E-state index in [0.717, 1.165) is 11.1 Å². The minimum absolute atomic E-state index is 0.0442. The molecule has 0 fully saturated rings. The molecule has 0 bridgehead atoms. The Morgan fingerprint density at radius 3 is 2.57 bits per heavy atom. The summed E-state index contributed by atoms with van der Waals surface area (Å²) >= 11 is 1.26. The number of nitrogens with zero attached hydrogens (tertiary/aromatic N) is 2. The van der Waals surface area contributed by atoms with Crippen LogP contribution >= 0.6 is 11.3 Å². The van der Waals surface area contributed by atoms with Crippen molar-refractivity contribution in [2.24, 2.45) is 5.92 Å². The first kappa shape index (κ1) is 17.3. The van der Waals surface area contributed by atoms with E-state index in [0.29, 0.717) is 28.7 Å². The summed E-state index contributed by atoms with van der Waals surface area (Å²) in [6.45, 7) is 3.53. The molecule has 0 aromatic carbocycles. The van der Waals surface area contributed by atoms with E-state index in [1.807, 2.05) is 6.92 Å². The molecule has 0 spiro atoms. The van der Waals surface area contributed by atoms with Gasteiger partial charge in [-0.25, -0.2) is 4.98 Å². The van der Waals surface area contributed by atoms with E-state index >= 15 is 0 Å². The van der Waals surface area contributed by atoms with Crippen molar-refractivity contribution in [1.29, 1.82) is 0 Å². The Kier molecular flexibility index (Phi) is 5.65. The van der Waals surface area contributed by atoms with Crippen molar-refractivity contribution in [2.75, 3.05) is 14.2 Å². The first-order valence-corrected chi connectivity index (χ1v) is 8.25. The number of hydrogen-bond donors (Lipinski definition) is 0. The Morgan fingerprint density at radius 2 is 2.00 bits per heavy atom. The molecule has 23 heavy (non-hydrogen) atoms. The molecule has 0 amide bonds. The number of carbonyl (C=O) groups is 2. The Morgan fingerprint density at radius 1 is 1.26 bits per heavy atom. The number of Topliss-reactive ketones (excluding diaryl/α,β-unsaturated/α-hetero) is 2. The number of hydrogen-bond acceptors (Lipinski definition) is 7. The van der Waals surface area contributed by atoms with Gasteiger partial charge in [0.25, 0.3) is 5.88 Å². The molecular formula is C16H20N2O4S. The molecule has 0 N–H and O–H groups in total. The van der Waals surface area contributed by atoms with Gasteiger partial charge in [-0.15, -0.1) is 11.3 Å². The Hall–Kier alpha value is -2.02. The van der Waals surface area contributed by atoms with Crippen LogP contribution < -0.4 is 9.47 Å². The fourth-order valence-electron chi connectivity index (χ4n) is 2.35. The molecule has 7 heteroatoms. The van der Waals surface area contributed by atoms with E-state index in [1.54, 1.807) is 6.07 Å². The van der Waals surface area contributed by atoms with E-state index in [4.69, 9.17) is 9.47 Å². The van der Waals surface area contributed by atoms with Crippen LogP contribution in [0.15, 0.2) is 6.07 Å². The number of ether oxygens (including phenoxy) is 2. The van der Waals surface area contributed by atoms with Crippen LogP contribution in [0.25, 0.3) is 10.3 Å². The van der Waals surface area contributed by atoms with Gasteiger partial charge in [-0.1, -0.05) is 13.3 Å². The Labute approximate surface area is 138 Å². The van der Waals surface area contributed by atoms with Gasteiger partial charge in [0.2, 0.25) is 0 Å². The topological polar surface area (TPSA) is 78.4 Å². The van der Waals surface area contributed by atoms with Crippen molar-refractivity contribution in [1.82, 2.24) is 9.97 Å². The normalized spacial score (nSPS) is 12.2. The van der Waals surface area contributed by atoms with E-state index in [1.165, 1.54) is 32.5 Å². The highest BCUT2D eigenvalue weighted by atomic mass is 32.1. The van der Waals surface area contributed by atoms with Crippen molar-refractivity contribution < 1.29 is 19.1 Å². The number of thiazole rings is 1. The van der Waals surface area contributed by atoms with Crippen LogP contribution in [0, 0.1) is 5.92 Å². The minimum Gasteiger partial charge on any atom is -0.491 e. The first-order chi connectivity index (χ1) is 11.0. The average Bonchev–Trinajstić information content (AvgIpc) is 2.95. The molecule has 0 radical (unpaired) electrons. The SMILES string of the molecule is CCC[C@@H](CC(=O)c1nc2nc(OC)c(OC)cc2s1)C(C)=O. The largest absolute Gasteiger partial charge is 0.491 e. The van der Waals surface area contributed by atoms with E-state index in [-0.39, 0.29) is 23.9 Å². The summed E-state index contributed by atoms with van der Waals surface area (Å²) in [5.41, 5.74) is 0.450. The van der Waals surface area contributed by atoms with Crippen LogP contribution in [0.4, 0.5) is 0 Å². The predicted octanol–water partition coefficient (Wildman–Crippen LogP) is 3.29. The lowest BCUT2D eigenvalue weighted by Crippen LogP contribution is -2.15. The first-order valence-electron chi connectivity index (χ1n) is 7.43. The monoisotopic (exact) mass is 336 g/mol. The number of carbonyl (C=O) groups excluding carboxylic acids is 2. The van der Waals surface area contributed by atoms with Crippen molar-refractivity contribution in [3.05, 3.63) is 11.1 Å². The van der Waals surface area contributed by atoms with Crippen molar-refractivity contribution in [2.45, 2.75) is 33.1 Å². The summed E-state index contributed by atoms with van der Waals surface area (Å²) < 4.78 is 11.1. The van der Waals surface area contributed by atoms with Gasteiger partial charge in [-0.2, -0.15) is 4.98 Å². The number of methoxy groups -OCH3 is 2. The van der Waals surface area contributed by atoms with E-state index in [2.05, 4.69) is 9.97 Å². The van der Waals surface area contributed by atoms with Crippen molar-refractivity contribution in [3.8, 4) is 11.6 Å². The van der Waals surface area contributed by atoms with Gasteiger partial charge in [0, 0.05) is 18.4 Å². The highest BCUT2D eigenvalue weighted by molar-refractivity contribution is 7.20. The van der Waals surface area contributed by atoms with Crippen molar-refractivity contribution in [3.63, 3.8) is 0 Å². The second-order valence-electron chi connectivity index (χ2n) is 5.26. The maximum Gasteiger partial charge on any atom is 0.258 e. The second kappa shape index (κ2) is 7.50. The molecule has 0 unspecified atom stereocenters. The maximum absolute atomic E-state index is 12.4.